The van der Waals surface area contributed by atoms with Gasteiger partial charge < -0.3 is 9.73 Å². The summed E-state index contributed by atoms with van der Waals surface area (Å²) >= 11 is 3.52. The molecule has 96 valence electrons. The first-order chi connectivity index (χ1) is 8.81. The summed E-state index contributed by atoms with van der Waals surface area (Å²) in [5.74, 6) is 1.62. The van der Waals surface area contributed by atoms with Crippen LogP contribution in [0.4, 0.5) is 0 Å². The molecule has 1 N–H and O–H groups in total. The van der Waals surface area contributed by atoms with Crippen molar-refractivity contribution in [1.29, 1.82) is 0 Å². The SMILES string of the molecule is CCNCCCc1ncc(-c2ccccc2Br)o1. The smallest absolute Gasteiger partial charge is 0.194 e. The zero-order chi connectivity index (χ0) is 12.8. The summed E-state index contributed by atoms with van der Waals surface area (Å²) in [5, 5.41) is 3.29. The van der Waals surface area contributed by atoms with Crippen molar-refractivity contribution in [2.45, 2.75) is 19.8 Å². The topological polar surface area (TPSA) is 38.1 Å². The normalized spacial score (nSPS) is 10.8. The summed E-state index contributed by atoms with van der Waals surface area (Å²) in [6, 6.07) is 8.00. The van der Waals surface area contributed by atoms with Crippen LogP contribution in [0.2, 0.25) is 0 Å². The average molecular weight is 309 g/mol. The van der Waals surface area contributed by atoms with Crippen molar-refractivity contribution in [1.82, 2.24) is 10.3 Å². The van der Waals surface area contributed by atoms with E-state index < -0.39 is 0 Å². The number of oxazole rings is 1. The van der Waals surface area contributed by atoms with Crippen LogP contribution in [0.25, 0.3) is 11.3 Å². The zero-order valence-corrected chi connectivity index (χ0v) is 12.0. The molecular formula is C14H17BrN2O. The Hall–Kier alpha value is -1.13. The molecule has 0 unspecified atom stereocenters. The maximum Gasteiger partial charge on any atom is 0.194 e. The van der Waals surface area contributed by atoms with Gasteiger partial charge in [-0.15, -0.1) is 0 Å². The van der Waals surface area contributed by atoms with Crippen LogP contribution in [0.5, 0.6) is 0 Å². The van der Waals surface area contributed by atoms with Crippen LogP contribution in [0.3, 0.4) is 0 Å². The highest BCUT2D eigenvalue weighted by molar-refractivity contribution is 9.10. The fraction of sp³-hybridized carbons (Fsp3) is 0.357. The summed E-state index contributed by atoms with van der Waals surface area (Å²) < 4.78 is 6.79. The molecule has 2 aromatic rings. The van der Waals surface area contributed by atoms with E-state index in [0.717, 1.165) is 47.6 Å². The predicted molar refractivity (Wildman–Crippen MR) is 76.5 cm³/mol. The molecule has 0 saturated heterocycles. The van der Waals surface area contributed by atoms with Crippen LogP contribution in [0, 0.1) is 0 Å². The van der Waals surface area contributed by atoms with Gasteiger partial charge in [-0.25, -0.2) is 4.98 Å². The van der Waals surface area contributed by atoms with E-state index in [-0.39, 0.29) is 0 Å². The summed E-state index contributed by atoms with van der Waals surface area (Å²) in [7, 11) is 0. The van der Waals surface area contributed by atoms with Gasteiger partial charge in [0, 0.05) is 16.5 Å². The lowest BCUT2D eigenvalue weighted by Crippen LogP contribution is -2.14. The third kappa shape index (κ3) is 3.43. The number of nitrogens with one attached hydrogen (secondary N) is 1. The molecule has 1 heterocycles. The largest absolute Gasteiger partial charge is 0.441 e. The number of aromatic nitrogens is 1. The lowest BCUT2D eigenvalue weighted by Gasteiger charge is -2.00. The minimum atomic E-state index is 0.804. The van der Waals surface area contributed by atoms with E-state index in [1.54, 1.807) is 6.20 Å². The average Bonchev–Trinajstić information content (AvgIpc) is 2.84. The van der Waals surface area contributed by atoms with Gasteiger partial charge >= 0.3 is 0 Å². The first-order valence-electron chi connectivity index (χ1n) is 6.21. The van der Waals surface area contributed by atoms with Gasteiger partial charge in [0.25, 0.3) is 0 Å². The van der Waals surface area contributed by atoms with E-state index >= 15 is 0 Å². The van der Waals surface area contributed by atoms with Crippen LogP contribution in [-0.4, -0.2) is 18.1 Å². The fourth-order valence-electron chi connectivity index (χ4n) is 1.75. The molecule has 0 saturated carbocycles. The number of hydrogen-bond acceptors (Lipinski definition) is 3. The van der Waals surface area contributed by atoms with Gasteiger partial charge in [-0.05, 0) is 25.6 Å². The van der Waals surface area contributed by atoms with E-state index in [0.29, 0.717) is 0 Å². The lowest BCUT2D eigenvalue weighted by molar-refractivity contribution is 0.493. The number of aryl methyl sites for hydroxylation is 1. The van der Waals surface area contributed by atoms with Crippen molar-refractivity contribution >= 4 is 15.9 Å². The molecular weight excluding hydrogens is 292 g/mol. The van der Waals surface area contributed by atoms with Crippen LogP contribution in [0.1, 0.15) is 19.2 Å². The van der Waals surface area contributed by atoms with Crippen molar-refractivity contribution in [2.24, 2.45) is 0 Å². The molecule has 0 fully saturated rings. The third-order valence-electron chi connectivity index (χ3n) is 2.69. The molecule has 0 aliphatic rings. The first-order valence-corrected chi connectivity index (χ1v) is 7.01. The standard InChI is InChI=1S/C14H17BrN2O/c1-2-16-9-5-8-14-17-10-13(18-14)11-6-3-4-7-12(11)15/h3-4,6-7,10,16H,2,5,8-9H2,1H3. The molecule has 0 radical (unpaired) electrons. The summed E-state index contributed by atoms with van der Waals surface area (Å²) in [6.07, 6.45) is 3.71. The summed E-state index contributed by atoms with van der Waals surface area (Å²) in [4.78, 5) is 4.32. The van der Waals surface area contributed by atoms with E-state index in [9.17, 15) is 0 Å². The Bertz CT molecular complexity index is 496. The maximum absolute atomic E-state index is 5.76. The Labute approximate surface area is 116 Å². The van der Waals surface area contributed by atoms with Crippen LogP contribution in [0.15, 0.2) is 39.4 Å². The van der Waals surface area contributed by atoms with Crippen LogP contribution in [-0.2, 0) is 6.42 Å². The minimum absolute atomic E-state index is 0.804. The van der Waals surface area contributed by atoms with Gasteiger partial charge in [-0.3, -0.25) is 0 Å². The monoisotopic (exact) mass is 308 g/mol. The molecule has 0 atom stereocenters. The van der Waals surface area contributed by atoms with Gasteiger partial charge in [0.1, 0.15) is 0 Å². The predicted octanol–water partition coefficient (Wildman–Crippen LogP) is 3.65. The Morgan fingerprint density at radius 3 is 2.94 bits per heavy atom. The molecule has 0 spiro atoms. The summed E-state index contributed by atoms with van der Waals surface area (Å²) in [5.41, 5.74) is 1.04. The second-order valence-corrected chi connectivity index (χ2v) is 4.91. The van der Waals surface area contributed by atoms with Crippen LogP contribution < -0.4 is 5.32 Å². The molecule has 0 amide bonds. The van der Waals surface area contributed by atoms with Crippen LogP contribution >= 0.6 is 15.9 Å². The van der Waals surface area contributed by atoms with E-state index in [2.05, 4.69) is 33.2 Å². The molecule has 0 aliphatic carbocycles. The molecule has 1 aromatic carbocycles. The number of nitrogens with zero attached hydrogens (tertiary/aromatic N) is 1. The van der Waals surface area contributed by atoms with Crippen molar-refractivity contribution in [3.8, 4) is 11.3 Å². The molecule has 18 heavy (non-hydrogen) atoms. The number of halogens is 1. The van der Waals surface area contributed by atoms with Gasteiger partial charge in [0.2, 0.25) is 0 Å². The number of hydrogen-bond donors (Lipinski definition) is 1. The van der Waals surface area contributed by atoms with Gasteiger partial charge in [-0.1, -0.05) is 41.1 Å². The van der Waals surface area contributed by atoms with Crippen molar-refractivity contribution in [3.63, 3.8) is 0 Å². The second kappa shape index (κ2) is 6.71. The molecule has 0 bridgehead atoms. The fourth-order valence-corrected chi connectivity index (χ4v) is 2.23. The van der Waals surface area contributed by atoms with E-state index in [1.807, 2.05) is 24.3 Å². The summed E-state index contributed by atoms with van der Waals surface area (Å²) in [6.45, 7) is 4.12. The first kappa shape index (κ1) is 13.3. The molecule has 2 rings (SSSR count). The van der Waals surface area contributed by atoms with Gasteiger partial charge in [0.05, 0.1) is 6.20 Å². The van der Waals surface area contributed by atoms with Crippen molar-refractivity contribution < 1.29 is 4.42 Å². The highest BCUT2D eigenvalue weighted by Gasteiger charge is 2.08. The highest BCUT2D eigenvalue weighted by Crippen LogP contribution is 2.28. The Morgan fingerprint density at radius 2 is 2.17 bits per heavy atom. The maximum atomic E-state index is 5.76. The molecule has 1 aromatic heterocycles. The highest BCUT2D eigenvalue weighted by atomic mass is 79.9. The Balaban J connectivity index is 2.00. The van der Waals surface area contributed by atoms with Crippen molar-refractivity contribution in [2.75, 3.05) is 13.1 Å². The quantitative estimate of drug-likeness (QED) is 0.828. The third-order valence-corrected chi connectivity index (χ3v) is 3.38. The lowest BCUT2D eigenvalue weighted by atomic mass is 10.2. The van der Waals surface area contributed by atoms with E-state index in [4.69, 9.17) is 4.42 Å². The molecule has 4 heteroatoms. The molecule has 3 nitrogen and oxygen atoms in total. The zero-order valence-electron chi connectivity index (χ0n) is 10.4. The minimum Gasteiger partial charge on any atom is -0.441 e. The van der Waals surface area contributed by atoms with Gasteiger partial charge in [0.15, 0.2) is 11.7 Å². The van der Waals surface area contributed by atoms with Crippen molar-refractivity contribution in [3.05, 3.63) is 40.8 Å². The number of benzene rings is 1. The Morgan fingerprint density at radius 1 is 1.33 bits per heavy atom. The second-order valence-electron chi connectivity index (χ2n) is 4.06. The Kier molecular flexibility index (Phi) is 4.96. The van der Waals surface area contributed by atoms with E-state index in [1.165, 1.54) is 0 Å². The number of rotatable bonds is 6. The van der Waals surface area contributed by atoms with Gasteiger partial charge in [-0.2, -0.15) is 0 Å². The molecule has 0 aliphatic heterocycles.